The summed E-state index contributed by atoms with van der Waals surface area (Å²) >= 11 is 7.69. The number of nitrogens with one attached hydrogen (secondary N) is 1. The molecule has 1 N–H and O–H groups in total. The third kappa shape index (κ3) is 3.90. The van der Waals surface area contributed by atoms with Crippen LogP contribution in [0, 0.1) is 5.92 Å². The van der Waals surface area contributed by atoms with Gasteiger partial charge >= 0.3 is 0 Å². The van der Waals surface area contributed by atoms with Gasteiger partial charge in [0.2, 0.25) is 5.91 Å². The summed E-state index contributed by atoms with van der Waals surface area (Å²) in [6.07, 6.45) is 2.37. The molecule has 2 aromatic rings. The molecular weight excluding hydrogens is 438 g/mol. The van der Waals surface area contributed by atoms with Gasteiger partial charge in [0.15, 0.2) is 10.3 Å². The molecule has 0 aromatic carbocycles. The molecule has 1 atom stereocenters. The maximum absolute atomic E-state index is 13.4. The van der Waals surface area contributed by atoms with Gasteiger partial charge in [-0.2, -0.15) is 0 Å². The second kappa shape index (κ2) is 8.03. The quantitative estimate of drug-likeness (QED) is 0.734. The van der Waals surface area contributed by atoms with Gasteiger partial charge in [0.25, 0.3) is 5.91 Å². The Kier molecular flexibility index (Phi) is 5.35. The molecule has 2 aromatic heterocycles. The minimum atomic E-state index is -0.205. The van der Waals surface area contributed by atoms with Crippen LogP contribution in [-0.4, -0.2) is 59.0 Å². The first-order valence-electron chi connectivity index (χ1n) is 10.5. The Morgan fingerprint density at radius 3 is 2.74 bits per heavy atom. The summed E-state index contributed by atoms with van der Waals surface area (Å²) in [5.41, 5.74) is 2.34. The van der Waals surface area contributed by atoms with Crippen molar-refractivity contribution in [1.29, 1.82) is 0 Å². The van der Waals surface area contributed by atoms with Crippen LogP contribution in [0.4, 0.5) is 10.9 Å². The van der Waals surface area contributed by atoms with Gasteiger partial charge in [-0.3, -0.25) is 9.59 Å². The predicted molar refractivity (Wildman–Crippen MR) is 120 cm³/mol. The second-order valence-electron chi connectivity index (χ2n) is 8.30. The molecule has 5 rings (SSSR count). The molecule has 3 aliphatic rings. The Bertz CT molecular complexity index is 1050. The SMILES string of the molecule is CC(=O)Nc1nc(Cl)c(-c2cc3c(c(N4CCOCC4)n2)C(=O)N(C(C)C2CC2)C3)s1. The van der Waals surface area contributed by atoms with Crippen molar-refractivity contribution in [2.24, 2.45) is 5.92 Å². The van der Waals surface area contributed by atoms with E-state index in [0.717, 1.165) is 5.56 Å². The molecule has 164 valence electrons. The van der Waals surface area contributed by atoms with Crippen LogP contribution >= 0.6 is 22.9 Å². The lowest BCUT2D eigenvalue weighted by Crippen LogP contribution is -2.39. The summed E-state index contributed by atoms with van der Waals surface area (Å²) in [5, 5.41) is 3.41. The lowest BCUT2D eigenvalue weighted by Gasteiger charge is -2.29. The van der Waals surface area contributed by atoms with Gasteiger partial charge in [-0.05, 0) is 37.3 Å². The molecule has 10 heteroatoms. The van der Waals surface area contributed by atoms with Gasteiger partial charge < -0.3 is 19.9 Å². The monoisotopic (exact) mass is 461 g/mol. The average Bonchev–Trinajstić information content (AvgIpc) is 3.46. The van der Waals surface area contributed by atoms with Crippen molar-refractivity contribution in [3.63, 3.8) is 0 Å². The minimum absolute atomic E-state index is 0.0595. The van der Waals surface area contributed by atoms with Gasteiger partial charge in [0.1, 0.15) is 5.82 Å². The number of fused-ring (bicyclic) bond motifs is 1. The first-order chi connectivity index (χ1) is 14.9. The highest BCUT2D eigenvalue weighted by Crippen LogP contribution is 2.43. The van der Waals surface area contributed by atoms with Crippen LogP contribution in [0.25, 0.3) is 10.6 Å². The summed E-state index contributed by atoms with van der Waals surface area (Å²) in [6.45, 7) is 6.72. The summed E-state index contributed by atoms with van der Waals surface area (Å²) in [5.74, 6) is 1.14. The Morgan fingerprint density at radius 2 is 2.06 bits per heavy atom. The molecule has 0 radical (unpaired) electrons. The van der Waals surface area contributed by atoms with Gasteiger partial charge in [-0.25, -0.2) is 9.97 Å². The van der Waals surface area contributed by atoms with E-state index in [1.54, 1.807) is 0 Å². The largest absolute Gasteiger partial charge is 0.378 e. The Balaban J connectivity index is 1.57. The van der Waals surface area contributed by atoms with Crippen LogP contribution in [0.1, 0.15) is 42.6 Å². The molecule has 2 aliphatic heterocycles. The Hall–Kier alpha value is -2.23. The van der Waals surface area contributed by atoms with Crippen LogP contribution in [-0.2, 0) is 16.1 Å². The zero-order valence-corrected chi connectivity index (χ0v) is 19.1. The van der Waals surface area contributed by atoms with Gasteiger partial charge in [-0.1, -0.05) is 22.9 Å². The number of carbonyl (C=O) groups excluding carboxylic acids is 2. The van der Waals surface area contributed by atoms with Crippen LogP contribution in [0.3, 0.4) is 0 Å². The molecule has 8 nitrogen and oxygen atoms in total. The number of hydrogen-bond acceptors (Lipinski definition) is 7. The Labute approximate surface area is 189 Å². The number of hydrogen-bond donors (Lipinski definition) is 1. The number of nitrogens with zero attached hydrogens (tertiary/aromatic N) is 4. The van der Waals surface area contributed by atoms with E-state index in [9.17, 15) is 9.59 Å². The summed E-state index contributed by atoms with van der Waals surface area (Å²) in [6, 6.07) is 2.17. The van der Waals surface area contributed by atoms with Crippen molar-refractivity contribution in [3.8, 4) is 10.6 Å². The van der Waals surface area contributed by atoms with E-state index >= 15 is 0 Å². The predicted octanol–water partition coefficient (Wildman–Crippen LogP) is 3.41. The normalized spacial score (nSPS) is 19.5. The number of halogens is 1. The molecule has 0 bridgehead atoms. The molecule has 2 fully saturated rings. The van der Waals surface area contributed by atoms with Crippen LogP contribution < -0.4 is 10.2 Å². The number of ether oxygens (including phenoxy) is 1. The number of carbonyl (C=O) groups is 2. The van der Waals surface area contributed by atoms with E-state index in [2.05, 4.69) is 22.1 Å². The summed E-state index contributed by atoms with van der Waals surface area (Å²) < 4.78 is 5.51. The smallest absolute Gasteiger partial charge is 0.258 e. The highest BCUT2D eigenvalue weighted by molar-refractivity contribution is 7.19. The average molecular weight is 462 g/mol. The third-order valence-corrected chi connectivity index (χ3v) is 7.48. The van der Waals surface area contributed by atoms with Crippen molar-refractivity contribution in [1.82, 2.24) is 14.9 Å². The van der Waals surface area contributed by atoms with Crippen molar-refractivity contribution in [2.75, 3.05) is 36.5 Å². The molecular formula is C21H24ClN5O3S. The van der Waals surface area contributed by atoms with E-state index in [4.69, 9.17) is 21.3 Å². The van der Waals surface area contributed by atoms with E-state index in [1.165, 1.54) is 31.1 Å². The summed E-state index contributed by atoms with van der Waals surface area (Å²) in [4.78, 5) is 38.8. The van der Waals surface area contributed by atoms with Gasteiger partial charge in [-0.15, -0.1) is 0 Å². The first-order valence-corrected chi connectivity index (χ1v) is 11.7. The molecule has 1 saturated heterocycles. The van der Waals surface area contributed by atoms with E-state index in [0.29, 0.717) is 71.0 Å². The molecule has 31 heavy (non-hydrogen) atoms. The fraction of sp³-hybridized carbons (Fsp3) is 0.524. The standard InChI is InChI=1S/C21H24ClN5O3S/c1-11(13-3-4-13)27-10-14-9-15(17-18(22)25-21(31-17)23-12(2)28)24-19(16(14)20(27)29)26-5-7-30-8-6-26/h9,11,13H,3-8,10H2,1-2H3,(H,23,25,28). The van der Waals surface area contributed by atoms with Crippen molar-refractivity contribution in [3.05, 3.63) is 22.3 Å². The van der Waals surface area contributed by atoms with Gasteiger partial charge in [0, 0.05) is 32.6 Å². The number of morpholine rings is 1. The number of anilines is 2. The second-order valence-corrected chi connectivity index (χ2v) is 9.65. The minimum Gasteiger partial charge on any atom is -0.378 e. The number of amides is 2. The lowest BCUT2D eigenvalue weighted by atomic mass is 10.1. The van der Waals surface area contributed by atoms with Crippen molar-refractivity contribution >= 4 is 45.7 Å². The van der Waals surface area contributed by atoms with Crippen LogP contribution in [0.5, 0.6) is 0 Å². The molecule has 0 spiro atoms. The summed E-state index contributed by atoms with van der Waals surface area (Å²) in [7, 11) is 0. The van der Waals surface area contributed by atoms with Crippen LogP contribution in [0.2, 0.25) is 5.15 Å². The first kappa shape index (κ1) is 20.7. The van der Waals surface area contributed by atoms with Crippen molar-refractivity contribution in [2.45, 2.75) is 39.3 Å². The fourth-order valence-corrected chi connectivity index (χ4v) is 5.50. The number of thiazole rings is 1. The molecule has 1 unspecified atom stereocenters. The van der Waals surface area contributed by atoms with Crippen LogP contribution in [0.15, 0.2) is 6.07 Å². The van der Waals surface area contributed by atoms with Crippen molar-refractivity contribution < 1.29 is 14.3 Å². The highest BCUT2D eigenvalue weighted by atomic mass is 35.5. The molecule has 1 aliphatic carbocycles. The van der Waals surface area contributed by atoms with E-state index in [-0.39, 0.29) is 17.9 Å². The van der Waals surface area contributed by atoms with E-state index < -0.39 is 0 Å². The molecule has 4 heterocycles. The third-order valence-electron chi connectivity index (χ3n) is 6.11. The van der Waals surface area contributed by atoms with E-state index in [1.807, 2.05) is 11.0 Å². The lowest BCUT2D eigenvalue weighted by molar-refractivity contribution is -0.114. The van der Waals surface area contributed by atoms with Gasteiger partial charge in [0.05, 0.1) is 29.3 Å². The topological polar surface area (TPSA) is 87.7 Å². The fourth-order valence-electron chi connectivity index (χ4n) is 4.29. The maximum atomic E-state index is 13.4. The highest BCUT2D eigenvalue weighted by Gasteiger charge is 2.41. The number of aromatic nitrogens is 2. The number of pyridine rings is 1. The molecule has 1 saturated carbocycles. The Morgan fingerprint density at radius 1 is 1.32 bits per heavy atom. The maximum Gasteiger partial charge on any atom is 0.258 e. The zero-order valence-electron chi connectivity index (χ0n) is 17.5. The molecule has 2 amide bonds. The number of rotatable bonds is 5. The zero-order chi connectivity index (χ0) is 21.7.